The van der Waals surface area contributed by atoms with Gasteiger partial charge in [0.2, 0.25) is 0 Å². The number of benzene rings is 8. The average molecular weight is 614 g/mol. The number of anilines is 3. The van der Waals surface area contributed by atoms with Crippen molar-refractivity contribution in [1.29, 1.82) is 0 Å². The molecule has 0 fully saturated rings. The van der Waals surface area contributed by atoms with Crippen LogP contribution in [-0.4, -0.2) is 0 Å². The van der Waals surface area contributed by atoms with Gasteiger partial charge in [0.15, 0.2) is 0 Å². The van der Waals surface area contributed by atoms with E-state index in [9.17, 15) is 0 Å². The summed E-state index contributed by atoms with van der Waals surface area (Å²) in [7, 11) is 0. The lowest BCUT2D eigenvalue weighted by atomic mass is 9.97. The third-order valence-corrected chi connectivity index (χ3v) is 9.25. The zero-order chi connectivity index (χ0) is 31.9. The predicted octanol–water partition coefficient (Wildman–Crippen LogP) is 13.2. The predicted molar refractivity (Wildman–Crippen MR) is 202 cm³/mol. The van der Waals surface area contributed by atoms with E-state index < -0.39 is 0 Å². The number of hydrogen-bond acceptors (Lipinski definition) is 2. The van der Waals surface area contributed by atoms with Gasteiger partial charge in [-0.05, 0) is 98.4 Å². The van der Waals surface area contributed by atoms with Crippen molar-refractivity contribution < 1.29 is 4.42 Å². The molecule has 2 nitrogen and oxygen atoms in total. The molecular weight excluding hydrogens is 583 g/mol. The van der Waals surface area contributed by atoms with E-state index in [1.54, 1.807) is 0 Å². The fourth-order valence-electron chi connectivity index (χ4n) is 6.80. The Morgan fingerprint density at radius 2 is 0.896 bits per heavy atom. The number of para-hydroxylation sites is 1. The number of fused-ring (bicyclic) bond motifs is 4. The van der Waals surface area contributed by atoms with Crippen LogP contribution in [0.4, 0.5) is 17.1 Å². The molecule has 226 valence electrons. The fraction of sp³-hybridized carbons (Fsp3) is 0. The minimum Gasteiger partial charge on any atom is -0.456 e. The van der Waals surface area contributed by atoms with E-state index in [0.717, 1.165) is 39.4 Å². The van der Waals surface area contributed by atoms with E-state index in [-0.39, 0.29) is 0 Å². The summed E-state index contributed by atoms with van der Waals surface area (Å²) in [5, 5.41) is 6.18. The van der Waals surface area contributed by atoms with Crippen LogP contribution in [0.5, 0.6) is 0 Å². The number of hydrogen-bond donors (Lipinski definition) is 0. The van der Waals surface area contributed by atoms with Crippen molar-refractivity contribution in [2.45, 2.75) is 0 Å². The van der Waals surface area contributed by atoms with E-state index in [2.05, 4.69) is 175 Å². The number of nitrogens with zero attached hydrogens (tertiary/aromatic N) is 1. The Labute approximate surface area is 279 Å². The highest BCUT2D eigenvalue weighted by molar-refractivity contribution is 6.08. The quantitative estimate of drug-likeness (QED) is 0.174. The molecule has 0 saturated heterocycles. The Bertz CT molecular complexity index is 2510. The number of rotatable bonds is 6. The van der Waals surface area contributed by atoms with E-state index in [1.807, 2.05) is 18.2 Å². The molecule has 0 bridgehead atoms. The van der Waals surface area contributed by atoms with Crippen LogP contribution in [0.25, 0.3) is 66.1 Å². The van der Waals surface area contributed by atoms with Gasteiger partial charge in [0.25, 0.3) is 0 Å². The molecule has 0 amide bonds. The van der Waals surface area contributed by atoms with Crippen molar-refractivity contribution in [1.82, 2.24) is 0 Å². The van der Waals surface area contributed by atoms with Gasteiger partial charge in [0.1, 0.15) is 11.3 Å². The van der Waals surface area contributed by atoms with E-state index in [0.29, 0.717) is 0 Å². The molecule has 48 heavy (non-hydrogen) atoms. The molecule has 0 aliphatic rings. The summed E-state index contributed by atoms with van der Waals surface area (Å²) in [4.78, 5) is 2.32. The maximum absolute atomic E-state index is 6.27. The van der Waals surface area contributed by atoms with Crippen molar-refractivity contribution in [2.75, 3.05) is 4.90 Å². The first-order valence-corrected chi connectivity index (χ1v) is 16.3. The van der Waals surface area contributed by atoms with Crippen LogP contribution >= 0.6 is 0 Å². The Hall–Kier alpha value is -6.38. The van der Waals surface area contributed by atoms with Crippen LogP contribution in [0.3, 0.4) is 0 Å². The van der Waals surface area contributed by atoms with Crippen molar-refractivity contribution in [3.05, 3.63) is 188 Å². The molecule has 1 aromatic heterocycles. The zero-order valence-corrected chi connectivity index (χ0v) is 26.3. The normalized spacial score (nSPS) is 11.3. The lowest BCUT2D eigenvalue weighted by Crippen LogP contribution is -2.10. The summed E-state index contributed by atoms with van der Waals surface area (Å²) < 4.78 is 6.27. The molecule has 0 aliphatic heterocycles. The van der Waals surface area contributed by atoms with Crippen LogP contribution in [-0.2, 0) is 0 Å². The maximum atomic E-state index is 6.27. The van der Waals surface area contributed by atoms with Crippen molar-refractivity contribution in [3.8, 4) is 33.6 Å². The first-order chi connectivity index (χ1) is 23.8. The van der Waals surface area contributed by atoms with Gasteiger partial charge in [-0.3, -0.25) is 0 Å². The molecule has 9 aromatic rings. The summed E-state index contributed by atoms with van der Waals surface area (Å²) >= 11 is 0. The number of furan rings is 1. The van der Waals surface area contributed by atoms with Crippen molar-refractivity contribution in [2.24, 2.45) is 0 Å². The highest BCUT2D eigenvalue weighted by atomic mass is 16.3. The third-order valence-electron chi connectivity index (χ3n) is 9.25. The van der Waals surface area contributed by atoms with Crippen LogP contribution in [0.2, 0.25) is 0 Å². The molecule has 0 N–H and O–H groups in total. The van der Waals surface area contributed by atoms with Gasteiger partial charge in [-0.25, -0.2) is 0 Å². The maximum Gasteiger partial charge on any atom is 0.135 e. The Morgan fingerprint density at radius 3 is 1.67 bits per heavy atom. The van der Waals surface area contributed by atoms with Crippen molar-refractivity contribution >= 4 is 49.6 Å². The zero-order valence-electron chi connectivity index (χ0n) is 26.3. The molecule has 0 spiro atoms. The monoisotopic (exact) mass is 613 g/mol. The average Bonchev–Trinajstić information content (AvgIpc) is 3.61. The topological polar surface area (TPSA) is 16.4 Å². The largest absolute Gasteiger partial charge is 0.456 e. The molecule has 1 heterocycles. The molecule has 8 aromatic carbocycles. The van der Waals surface area contributed by atoms with Crippen LogP contribution in [0, 0.1) is 0 Å². The Balaban J connectivity index is 1.11. The minimum absolute atomic E-state index is 0.858. The second-order valence-electron chi connectivity index (χ2n) is 12.2. The summed E-state index contributed by atoms with van der Waals surface area (Å²) in [6, 6.07) is 66.9. The first-order valence-electron chi connectivity index (χ1n) is 16.3. The highest BCUT2D eigenvalue weighted by Gasteiger charge is 2.16. The van der Waals surface area contributed by atoms with Crippen molar-refractivity contribution in [3.63, 3.8) is 0 Å². The van der Waals surface area contributed by atoms with Gasteiger partial charge in [0.05, 0.1) is 0 Å². The highest BCUT2D eigenvalue weighted by Crippen LogP contribution is 2.39. The molecule has 0 atom stereocenters. The first kappa shape index (κ1) is 27.9. The molecule has 0 radical (unpaired) electrons. The lowest BCUT2D eigenvalue weighted by Gasteiger charge is -2.26. The standard InChI is InChI=1S/C46H31NO/c1-2-9-32(10-3-1)33-19-24-40(25-20-33)47(42-14-8-13-38(30-42)46-31-39-12-5-7-16-45(39)48-46)41-26-21-34(22-27-41)36-23-28-44-37(29-36)18-17-35-11-4-6-15-43(35)44/h1-31H. The summed E-state index contributed by atoms with van der Waals surface area (Å²) in [6.07, 6.45) is 0. The van der Waals surface area contributed by atoms with E-state index in [1.165, 1.54) is 43.8 Å². The SMILES string of the molecule is c1ccc(-c2ccc(N(c3ccc(-c4ccc5c(ccc6ccccc65)c4)cc3)c3cccc(-c4cc5ccccc5o4)c3)cc2)cc1. The summed E-state index contributed by atoms with van der Waals surface area (Å²) in [5.41, 5.74) is 9.94. The fourth-order valence-corrected chi connectivity index (χ4v) is 6.80. The van der Waals surface area contributed by atoms with E-state index in [4.69, 9.17) is 4.42 Å². The second kappa shape index (κ2) is 11.8. The van der Waals surface area contributed by atoms with Gasteiger partial charge < -0.3 is 9.32 Å². The molecule has 0 aliphatic carbocycles. The third kappa shape index (κ3) is 5.10. The van der Waals surface area contributed by atoms with Gasteiger partial charge in [-0.1, -0.05) is 133 Å². The second-order valence-corrected chi connectivity index (χ2v) is 12.2. The molecular formula is C46H31NO. The van der Waals surface area contributed by atoms with Gasteiger partial charge in [-0.2, -0.15) is 0 Å². The Kier molecular flexibility index (Phi) is 6.84. The minimum atomic E-state index is 0.858. The van der Waals surface area contributed by atoms with E-state index >= 15 is 0 Å². The summed E-state index contributed by atoms with van der Waals surface area (Å²) in [6.45, 7) is 0. The lowest BCUT2D eigenvalue weighted by molar-refractivity contribution is 0.631. The molecule has 0 saturated carbocycles. The van der Waals surface area contributed by atoms with Crippen LogP contribution in [0.15, 0.2) is 192 Å². The molecule has 9 rings (SSSR count). The Morgan fingerprint density at radius 1 is 0.312 bits per heavy atom. The smallest absolute Gasteiger partial charge is 0.135 e. The van der Waals surface area contributed by atoms with Gasteiger partial charge in [0, 0.05) is 28.0 Å². The van der Waals surface area contributed by atoms with Gasteiger partial charge >= 0.3 is 0 Å². The molecule has 0 unspecified atom stereocenters. The van der Waals surface area contributed by atoms with Gasteiger partial charge in [-0.15, -0.1) is 0 Å². The van der Waals surface area contributed by atoms with Crippen LogP contribution < -0.4 is 4.90 Å². The summed E-state index contributed by atoms with van der Waals surface area (Å²) in [5.74, 6) is 0.858. The van der Waals surface area contributed by atoms with Crippen LogP contribution in [0.1, 0.15) is 0 Å². The molecule has 2 heteroatoms.